The van der Waals surface area contributed by atoms with Crippen molar-refractivity contribution >= 4 is 72.7 Å². The van der Waals surface area contributed by atoms with Crippen LogP contribution >= 0.6 is 50.6 Å². The number of nitrogens with zero attached hydrogens (tertiary/aromatic N) is 2. The Bertz CT molecular complexity index is 1400. The normalized spacial score (nSPS) is 12.4. The Morgan fingerprint density at radius 3 is 2.36 bits per heavy atom. The second-order valence-electron chi connectivity index (χ2n) is 7.40. The first-order valence-electron chi connectivity index (χ1n) is 10.3. The van der Waals surface area contributed by atoms with Crippen LogP contribution in [0, 0.1) is 0 Å². The molecule has 0 aliphatic carbocycles. The van der Waals surface area contributed by atoms with Crippen LogP contribution in [-0.2, 0) is 0 Å². The van der Waals surface area contributed by atoms with E-state index in [-0.39, 0.29) is 5.25 Å². The van der Waals surface area contributed by atoms with Crippen molar-refractivity contribution in [3.63, 3.8) is 0 Å². The molecule has 33 heavy (non-hydrogen) atoms. The van der Waals surface area contributed by atoms with E-state index < -0.39 is 0 Å². The van der Waals surface area contributed by atoms with Crippen LogP contribution in [0.5, 0.6) is 0 Å². The zero-order valence-electron chi connectivity index (χ0n) is 17.4. The number of fused-ring (bicyclic) bond motifs is 1. The van der Waals surface area contributed by atoms with Crippen LogP contribution in [0.15, 0.2) is 111 Å². The Morgan fingerprint density at radius 1 is 0.879 bits per heavy atom. The van der Waals surface area contributed by atoms with Crippen molar-refractivity contribution in [3.05, 3.63) is 123 Å². The zero-order chi connectivity index (χ0) is 22.6. The minimum Gasteiger partial charge on any atom is -0.256 e. The molecule has 2 nitrogen and oxygen atoms in total. The van der Waals surface area contributed by atoms with Gasteiger partial charge >= 0.3 is 0 Å². The van der Waals surface area contributed by atoms with Crippen molar-refractivity contribution < 1.29 is 0 Å². The van der Waals surface area contributed by atoms with Crippen molar-refractivity contribution in [3.8, 4) is 0 Å². The van der Waals surface area contributed by atoms with E-state index in [1.807, 2.05) is 60.8 Å². The van der Waals surface area contributed by atoms with Gasteiger partial charge in [0.2, 0.25) is 0 Å². The molecule has 1 heterocycles. The van der Waals surface area contributed by atoms with Gasteiger partial charge in [0, 0.05) is 15.7 Å². The summed E-state index contributed by atoms with van der Waals surface area (Å²) in [5.41, 5.74) is 5.42. The summed E-state index contributed by atoms with van der Waals surface area (Å²) in [6.45, 7) is 0. The van der Waals surface area contributed by atoms with E-state index in [0.29, 0.717) is 0 Å². The summed E-state index contributed by atoms with van der Waals surface area (Å²) >= 11 is 13.1. The molecule has 0 spiro atoms. The predicted octanol–water partition coefficient (Wildman–Crippen LogP) is 9.34. The van der Waals surface area contributed by atoms with Gasteiger partial charge in [0.25, 0.3) is 0 Å². The molecular weight excluding hydrogens is 532 g/mol. The van der Waals surface area contributed by atoms with E-state index in [4.69, 9.17) is 16.6 Å². The Kier molecular flexibility index (Phi) is 6.93. The smallest absolute Gasteiger partial charge is 0.152 e. The molecule has 0 bridgehead atoms. The third kappa shape index (κ3) is 5.56. The summed E-state index contributed by atoms with van der Waals surface area (Å²) in [4.78, 5) is 9.54. The molecule has 4 aromatic carbocycles. The van der Waals surface area contributed by atoms with Crippen molar-refractivity contribution in [1.29, 1.82) is 0 Å². The van der Waals surface area contributed by atoms with Gasteiger partial charge in [-0.15, -0.1) is 11.3 Å². The molecule has 0 fully saturated rings. The van der Waals surface area contributed by atoms with Crippen LogP contribution in [0.1, 0.15) is 21.9 Å². The maximum absolute atomic E-state index is 6.13. The highest BCUT2D eigenvalue weighted by Gasteiger charge is 2.18. The third-order valence-electron chi connectivity index (χ3n) is 5.08. The van der Waals surface area contributed by atoms with Crippen LogP contribution in [0.2, 0.25) is 5.02 Å². The van der Waals surface area contributed by atoms with Crippen molar-refractivity contribution in [1.82, 2.24) is 4.98 Å². The Hall–Kier alpha value is -2.44. The number of aromatic nitrogens is 1. The van der Waals surface area contributed by atoms with Gasteiger partial charge in [-0.2, -0.15) is 0 Å². The van der Waals surface area contributed by atoms with E-state index in [9.17, 15) is 0 Å². The van der Waals surface area contributed by atoms with Crippen molar-refractivity contribution in [2.45, 2.75) is 9.59 Å². The van der Waals surface area contributed by atoms with Crippen molar-refractivity contribution in [2.75, 3.05) is 0 Å². The first-order chi connectivity index (χ1) is 16.1. The lowest BCUT2D eigenvalue weighted by Crippen LogP contribution is -1.96. The largest absolute Gasteiger partial charge is 0.256 e. The molecule has 0 aliphatic rings. The van der Waals surface area contributed by atoms with E-state index in [2.05, 4.69) is 63.4 Å². The number of halogens is 2. The lowest BCUT2D eigenvalue weighted by atomic mass is 10.0. The summed E-state index contributed by atoms with van der Waals surface area (Å²) in [5.74, 6) is 0. The summed E-state index contributed by atoms with van der Waals surface area (Å²) in [7, 11) is 0. The third-order valence-corrected chi connectivity index (χ3v) is 8.28. The predicted molar refractivity (Wildman–Crippen MR) is 147 cm³/mol. The van der Waals surface area contributed by atoms with Crippen LogP contribution in [0.3, 0.4) is 0 Å². The second-order valence-corrected chi connectivity index (χ2v) is 11.1. The second kappa shape index (κ2) is 10.2. The molecule has 0 unspecified atom stereocenters. The number of hydrogen-bond donors (Lipinski definition) is 0. The number of thioether (sulfide) groups is 1. The van der Waals surface area contributed by atoms with Crippen LogP contribution < -0.4 is 0 Å². The molecule has 0 aliphatic heterocycles. The molecule has 162 valence electrons. The number of benzene rings is 4. The lowest BCUT2D eigenvalue weighted by molar-refractivity contribution is 1.14. The van der Waals surface area contributed by atoms with Crippen LogP contribution in [0.4, 0.5) is 5.69 Å². The molecule has 0 saturated carbocycles. The van der Waals surface area contributed by atoms with Gasteiger partial charge in [0.1, 0.15) is 0 Å². The van der Waals surface area contributed by atoms with E-state index in [1.165, 1.54) is 11.1 Å². The summed E-state index contributed by atoms with van der Waals surface area (Å²) in [5, 5.41) is 0.880. The fourth-order valence-electron chi connectivity index (χ4n) is 3.42. The fraction of sp³-hybridized carbons (Fsp3) is 0.0370. The Morgan fingerprint density at radius 2 is 1.61 bits per heavy atom. The molecule has 0 saturated heterocycles. The first-order valence-corrected chi connectivity index (χ1v) is 13.2. The molecule has 0 N–H and O–H groups in total. The summed E-state index contributed by atoms with van der Waals surface area (Å²) in [6, 6.07) is 32.9. The van der Waals surface area contributed by atoms with Gasteiger partial charge in [-0.1, -0.05) is 93.9 Å². The quantitative estimate of drug-likeness (QED) is 0.156. The first kappa shape index (κ1) is 22.4. The average Bonchev–Trinajstić information content (AvgIpc) is 3.25. The van der Waals surface area contributed by atoms with E-state index in [0.717, 1.165) is 35.3 Å². The topological polar surface area (TPSA) is 25.2 Å². The highest BCUT2D eigenvalue weighted by Crippen LogP contribution is 2.43. The van der Waals surface area contributed by atoms with Crippen LogP contribution in [0.25, 0.3) is 10.2 Å². The van der Waals surface area contributed by atoms with Gasteiger partial charge in [-0.05, 0) is 59.2 Å². The minimum absolute atomic E-state index is 0.138. The summed E-state index contributed by atoms with van der Waals surface area (Å²) < 4.78 is 3.22. The van der Waals surface area contributed by atoms with Gasteiger partial charge in [-0.25, -0.2) is 4.98 Å². The molecule has 1 aromatic heterocycles. The minimum atomic E-state index is 0.138. The monoisotopic (exact) mass is 548 g/mol. The number of hydrogen-bond acceptors (Lipinski definition) is 4. The maximum Gasteiger partial charge on any atom is 0.152 e. The van der Waals surface area contributed by atoms with Crippen LogP contribution in [-0.4, -0.2) is 11.2 Å². The highest BCUT2D eigenvalue weighted by molar-refractivity contribution is 9.10. The molecular formula is C27H18BrClN2S2. The van der Waals surface area contributed by atoms with E-state index >= 15 is 0 Å². The lowest BCUT2D eigenvalue weighted by Gasteiger charge is -2.16. The molecule has 0 radical (unpaired) electrons. The molecule has 1 atom stereocenters. The van der Waals surface area contributed by atoms with Gasteiger partial charge < -0.3 is 0 Å². The number of thiazole rings is 1. The molecule has 0 amide bonds. The standard InChI is InChI=1S/C27H18BrClN2S2/c28-21-10-6-18(7-11-21)17-30-23-14-15-24-25(16-23)32-27(31-24)33-26(19-4-2-1-3-5-19)20-8-12-22(29)13-9-20/h1-17,26H/t26-/m1/s1. The average molecular weight is 550 g/mol. The van der Waals surface area contributed by atoms with Gasteiger partial charge in [0.05, 0.1) is 21.2 Å². The fourth-order valence-corrected chi connectivity index (χ4v) is 6.23. The van der Waals surface area contributed by atoms with Crippen molar-refractivity contribution in [2.24, 2.45) is 4.99 Å². The van der Waals surface area contributed by atoms with Gasteiger partial charge in [0.15, 0.2) is 4.34 Å². The molecule has 5 aromatic rings. The Balaban J connectivity index is 1.42. The summed E-state index contributed by atoms with van der Waals surface area (Å²) in [6.07, 6.45) is 1.89. The van der Waals surface area contributed by atoms with Gasteiger partial charge in [-0.3, -0.25) is 4.99 Å². The highest BCUT2D eigenvalue weighted by atomic mass is 79.9. The molecule has 5 rings (SSSR count). The maximum atomic E-state index is 6.13. The molecule has 6 heteroatoms. The Labute approximate surface area is 214 Å². The zero-order valence-corrected chi connectivity index (χ0v) is 21.3. The van der Waals surface area contributed by atoms with E-state index in [1.54, 1.807) is 23.1 Å². The number of aliphatic imine (C=N–C) groups is 1. The number of rotatable bonds is 6. The SMILES string of the molecule is Clc1ccc([C@H](Sc2nc3ccc(N=Cc4ccc(Br)cc4)cc3s2)c2ccccc2)cc1.